The highest BCUT2D eigenvalue weighted by molar-refractivity contribution is 6.02. The Hall–Kier alpha value is -3.83. The monoisotopic (exact) mass is 510 g/mol. The van der Waals surface area contributed by atoms with Crippen LogP contribution in [0.4, 0.5) is 10.6 Å². The molecule has 4 rings (SSSR count). The first-order chi connectivity index (χ1) is 17.4. The van der Waals surface area contributed by atoms with Gasteiger partial charge < -0.3 is 24.3 Å². The Labute approximate surface area is 214 Å². The third-order valence-corrected chi connectivity index (χ3v) is 5.76. The number of rotatable bonds is 5. The van der Waals surface area contributed by atoms with Crippen LogP contribution in [0, 0.1) is 0 Å². The molecular formula is C26H30N4O7. The largest absolute Gasteiger partial charge is 0.443 e. The zero-order valence-electron chi connectivity index (χ0n) is 21.7. The number of carbonyl (C=O) groups excluding carboxylic acids is 3. The summed E-state index contributed by atoms with van der Waals surface area (Å²) in [6.07, 6.45) is 3.03. The lowest BCUT2D eigenvalue weighted by atomic mass is 9.96. The van der Waals surface area contributed by atoms with Gasteiger partial charge in [-0.15, -0.1) is 0 Å². The van der Waals surface area contributed by atoms with Crippen molar-refractivity contribution < 1.29 is 33.3 Å². The summed E-state index contributed by atoms with van der Waals surface area (Å²) in [5.74, 6) is -0.215. The van der Waals surface area contributed by atoms with Crippen LogP contribution < -0.4 is 10.1 Å². The molecule has 1 N–H and O–H groups in total. The lowest BCUT2D eigenvalue weighted by Crippen LogP contribution is -2.30. The number of anilines is 1. The van der Waals surface area contributed by atoms with E-state index in [0.29, 0.717) is 46.7 Å². The van der Waals surface area contributed by atoms with Gasteiger partial charge in [0.2, 0.25) is 5.91 Å². The molecule has 1 aliphatic rings. The van der Waals surface area contributed by atoms with Crippen LogP contribution >= 0.6 is 0 Å². The van der Waals surface area contributed by atoms with Crippen molar-refractivity contribution in [2.45, 2.75) is 52.2 Å². The van der Waals surface area contributed by atoms with Crippen molar-refractivity contribution >= 4 is 34.7 Å². The van der Waals surface area contributed by atoms with Crippen LogP contribution in [0.5, 0.6) is 5.75 Å². The fourth-order valence-corrected chi connectivity index (χ4v) is 4.15. The summed E-state index contributed by atoms with van der Waals surface area (Å²) in [7, 11) is 1.58. The van der Waals surface area contributed by atoms with Gasteiger partial charge >= 0.3 is 12.1 Å². The van der Waals surface area contributed by atoms with Crippen LogP contribution in [0.3, 0.4) is 0 Å². The average Bonchev–Trinajstić information content (AvgIpc) is 3.42. The summed E-state index contributed by atoms with van der Waals surface area (Å²) in [4.78, 5) is 45.7. The molecule has 1 amide bonds. The van der Waals surface area contributed by atoms with E-state index in [0.717, 1.165) is 0 Å². The number of nitrogens with zero attached hydrogens (tertiary/aromatic N) is 3. The first-order valence-electron chi connectivity index (χ1n) is 11.8. The molecule has 1 unspecified atom stereocenters. The number of carbonyl (C=O) groups is 3. The van der Waals surface area contributed by atoms with E-state index in [4.69, 9.17) is 23.9 Å². The summed E-state index contributed by atoms with van der Waals surface area (Å²) in [5, 5.41) is 3.24. The van der Waals surface area contributed by atoms with Crippen molar-refractivity contribution in [2.24, 2.45) is 0 Å². The highest BCUT2D eigenvalue weighted by atomic mass is 16.6. The third-order valence-electron chi connectivity index (χ3n) is 5.76. The van der Waals surface area contributed by atoms with Crippen LogP contribution in [-0.4, -0.2) is 58.4 Å². The summed E-state index contributed by atoms with van der Waals surface area (Å²) in [6, 6.07) is 4.91. The third kappa shape index (κ3) is 5.62. The normalized spacial score (nSPS) is 17.6. The Kier molecular flexibility index (Phi) is 7.03. The Morgan fingerprint density at radius 3 is 2.51 bits per heavy atom. The predicted molar refractivity (Wildman–Crippen MR) is 134 cm³/mol. The van der Waals surface area contributed by atoms with E-state index < -0.39 is 23.3 Å². The Morgan fingerprint density at radius 1 is 1.16 bits per heavy atom. The maximum absolute atomic E-state index is 13.1. The first-order valence-corrected chi connectivity index (χ1v) is 11.8. The van der Waals surface area contributed by atoms with Gasteiger partial charge in [0.1, 0.15) is 22.8 Å². The molecule has 11 nitrogen and oxygen atoms in total. The fraction of sp³-hybridized carbons (Fsp3) is 0.423. The van der Waals surface area contributed by atoms with Gasteiger partial charge in [0.25, 0.3) is 0 Å². The molecule has 1 saturated heterocycles. The van der Waals surface area contributed by atoms with Gasteiger partial charge in [-0.2, -0.15) is 0 Å². The van der Waals surface area contributed by atoms with E-state index in [1.54, 1.807) is 52.3 Å². The molecule has 0 aliphatic carbocycles. The van der Waals surface area contributed by atoms with Gasteiger partial charge in [-0.25, -0.2) is 14.8 Å². The predicted octanol–water partition coefficient (Wildman–Crippen LogP) is 4.03. The number of hydrogen-bond acceptors (Lipinski definition) is 9. The van der Waals surface area contributed by atoms with E-state index in [-0.39, 0.29) is 18.3 Å². The number of nitrogens with one attached hydrogen (secondary N) is 1. The molecule has 1 atom stereocenters. The second kappa shape index (κ2) is 9.91. The number of esters is 1. The maximum Gasteiger partial charge on any atom is 0.419 e. The standard InChI is InChI=1S/C26H30N4O7/c1-15(31)28-23-11-18-19(13-30(21(18)12-27-23)24(33)37-25(3,4)5)20-9-17(36-16(2)32)10-22(29-20)26(34-6)7-8-35-14-26/h9-13H,7-8,14H2,1-6H3,(H,27,28,31). The molecule has 3 aromatic rings. The molecule has 1 fully saturated rings. The van der Waals surface area contributed by atoms with Gasteiger partial charge in [-0.3, -0.25) is 14.2 Å². The van der Waals surface area contributed by atoms with Crippen molar-refractivity contribution in [3.8, 4) is 17.0 Å². The Morgan fingerprint density at radius 2 is 1.92 bits per heavy atom. The molecule has 4 heterocycles. The maximum atomic E-state index is 13.1. The van der Waals surface area contributed by atoms with E-state index >= 15 is 0 Å². The number of methoxy groups -OCH3 is 1. The molecule has 0 radical (unpaired) electrons. The summed E-state index contributed by atoms with van der Waals surface area (Å²) >= 11 is 0. The number of pyridine rings is 2. The van der Waals surface area contributed by atoms with Gasteiger partial charge in [-0.1, -0.05) is 0 Å². The van der Waals surface area contributed by atoms with E-state index in [1.165, 1.54) is 24.6 Å². The lowest BCUT2D eigenvalue weighted by molar-refractivity contribution is -0.131. The molecule has 0 spiro atoms. The highest BCUT2D eigenvalue weighted by Crippen LogP contribution is 2.38. The number of fused-ring (bicyclic) bond motifs is 1. The molecule has 11 heteroatoms. The van der Waals surface area contributed by atoms with Crippen molar-refractivity contribution in [1.29, 1.82) is 0 Å². The van der Waals surface area contributed by atoms with Crippen LogP contribution in [0.1, 0.15) is 46.7 Å². The molecule has 0 aromatic carbocycles. The average molecular weight is 511 g/mol. The quantitative estimate of drug-likeness (QED) is 0.506. The summed E-state index contributed by atoms with van der Waals surface area (Å²) < 4.78 is 23.8. The van der Waals surface area contributed by atoms with Crippen LogP contribution in [0.15, 0.2) is 30.6 Å². The zero-order chi connectivity index (χ0) is 27.0. The van der Waals surface area contributed by atoms with E-state index in [9.17, 15) is 14.4 Å². The van der Waals surface area contributed by atoms with E-state index in [2.05, 4.69) is 10.3 Å². The molecule has 196 valence electrons. The first kappa shape index (κ1) is 26.2. The van der Waals surface area contributed by atoms with Crippen molar-refractivity contribution in [3.05, 3.63) is 36.3 Å². The van der Waals surface area contributed by atoms with Gasteiger partial charge in [0, 0.05) is 63.3 Å². The van der Waals surface area contributed by atoms with Gasteiger partial charge in [0.05, 0.1) is 29.7 Å². The molecule has 1 aliphatic heterocycles. The lowest BCUT2D eigenvalue weighted by Gasteiger charge is -2.26. The summed E-state index contributed by atoms with van der Waals surface area (Å²) in [6.45, 7) is 8.79. The smallest absolute Gasteiger partial charge is 0.419 e. The second-order valence-corrected chi connectivity index (χ2v) is 9.83. The van der Waals surface area contributed by atoms with Crippen molar-refractivity contribution in [1.82, 2.24) is 14.5 Å². The van der Waals surface area contributed by atoms with Crippen LogP contribution in [0.2, 0.25) is 0 Å². The fourth-order valence-electron chi connectivity index (χ4n) is 4.15. The number of hydrogen-bond donors (Lipinski definition) is 1. The Bertz CT molecular complexity index is 1370. The van der Waals surface area contributed by atoms with Crippen molar-refractivity contribution in [2.75, 3.05) is 25.6 Å². The Balaban J connectivity index is 1.95. The number of aromatic nitrogens is 3. The van der Waals surface area contributed by atoms with E-state index in [1.807, 2.05) is 0 Å². The number of amides is 1. The van der Waals surface area contributed by atoms with Crippen LogP contribution in [-0.2, 0) is 29.4 Å². The minimum Gasteiger partial charge on any atom is -0.443 e. The molecule has 37 heavy (non-hydrogen) atoms. The molecule has 0 bridgehead atoms. The topological polar surface area (TPSA) is 131 Å². The highest BCUT2D eigenvalue weighted by Gasteiger charge is 2.39. The zero-order valence-corrected chi connectivity index (χ0v) is 21.7. The second-order valence-electron chi connectivity index (χ2n) is 9.83. The van der Waals surface area contributed by atoms with Crippen molar-refractivity contribution in [3.63, 3.8) is 0 Å². The minimum absolute atomic E-state index is 0.269. The SMILES string of the molecule is COC1(c2cc(OC(C)=O)cc(-c3cn(C(=O)OC(C)(C)C)c4cnc(NC(C)=O)cc34)n2)CCOC1. The van der Waals surface area contributed by atoms with Gasteiger partial charge in [-0.05, 0) is 26.8 Å². The minimum atomic E-state index is -0.822. The molecular weight excluding hydrogens is 480 g/mol. The molecule has 3 aromatic heterocycles. The van der Waals surface area contributed by atoms with Crippen LogP contribution in [0.25, 0.3) is 22.2 Å². The summed E-state index contributed by atoms with van der Waals surface area (Å²) in [5.41, 5.74) is 0.378. The molecule has 0 saturated carbocycles. The van der Waals surface area contributed by atoms with Gasteiger partial charge in [0.15, 0.2) is 0 Å². The number of ether oxygens (including phenoxy) is 4.